The summed E-state index contributed by atoms with van der Waals surface area (Å²) < 4.78 is 3.33. The average molecular weight is 520 g/mol. The van der Waals surface area contributed by atoms with Crippen LogP contribution in [-0.2, 0) is 13.0 Å². The number of tetrazole rings is 1. The van der Waals surface area contributed by atoms with Gasteiger partial charge in [-0.15, -0.1) is 5.10 Å². The zero-order valence-electron chi connectivity index (χ0n) is 18.8. The van der Waals surface area contributed by atoms with Gasteiger partial charge >= 0.3 is 0 Å². The van der Waals surface area contributed by atoms with Gasteiger partial charge in [-0.25, -0.2) is 4.98 Å². The number of fused-ring (bicyclic) bond motifs is 1. The number of aliphatic hydroxyl groups excluding tert-OH is 1. The maximum Gasteiger partial charge on any atom is 0.252 e. The topological polar surface area (TPSA) is 115 Å². The molecule has 4 heterocycles. The van der Waals surface area contributed by atoms with Crippen LogP contribution in [0.4, 0.5) is 0 Å². The van der Waals surface area contributed by atoms with Crippen LogP contribution in [0, 0.1) is 0 Å². The van der Waals surface area contributed by atoms with Gasteiger partial charge in [-0.1, -0.05) is 35.3 Å². The zero-order chi connectivity index (χ0) is 24.8. The van der Waals surface area contributed by atoms with Crippen LogP contribution in [0.3, 0.4) is 0 Å². The molecule has 0 spiro atoms. The summed E-state index contributed by atoms with van der Waals surface area (Å²) in [4.78, 5) is 21.3. The molecule has 6 rings (SSSR count). The van der Waals surface area contributed by atoms with Crippen LogP contribution >= 0.6 is 23.2 Å². The minimum Gasteiger partial charge on any atom is -0.392 e. The molecule has 0 unspecified atom stereocenters. The third kappa shape index (κ3) is 3.91. The predicted molar refractivity (Wildman–Crippen MR) is 135 cm³/mol. The minimum absolute atomic E-state index is 0.0790. The number of aryl methyl sites for hydroxylation is 1. The van der Waals surface area contributed by atoms with Gasteiger partial charge in [0.1, 0.15) is 12.2 Å². The molecule has 9 nitrogen and oxygen atoms in total. The third-order valence-corrected chi connectivity index (χ3v) is 6.96. The van der Waals surface area contributed by atoms with E-state index >= 15 is 0 Å². The normalized spacial score (nSPS) is 14.8. The number of nitrogens with zero attached hydrogens (tertiary/aromatic N) is 6. The molecule has 36 heavy (non-hydrogen) atoms. The van der Waals surface area contributed by atoms with Gasteiger partial charge in [-0.2, -0.15) is 4.68 Å². The first-order valence-electron chi connectivity index (χ1n) is 11.2. The average Bonchev–Trinajstić information content (AvgIpc) is 3.64. The number of hydrogen-bond acceptors (Lipinski definition) is 6. The van der Waals surface area contributed by atoms with Crippen LogP contribution in [0.2, 0.25) is 10.0 Å². The van der Waals surface area contributed by atoms with Crippen molar-refractivity contribution >= 4 is 23.2 Å². The van der Waals surface area contributed by atoms with E-state index in [2.05, 4.69) is 25.5 Å². The molecule has 0 fully saturated rings. The number of nitrogens with one attached hydrogen (secondary N) is 1. The van der Waals surface area contributed by atoms with Crippen molar-refractivity contribution in [2.45, 2.75) is 25.5 Å². The highest BCUT2D eigenvalue weighted by atomic mass is 35.5. The lowest BCUT2D eigenvalue weighted by atomic mass is 10.0. The summed E-state index contributed by atoms with van der Waals surface area (Å²) in [6, 6.07) is 14.2. The Balaban J connectivity index is 1.37. The summed E-state index contributed by atoms with van der Waals surface area (Å²) in [7, 11) is 0. The first-order chi connectivity index (χ1) is 17.5. The van der Waals surface area contributed by atoms with Gasteiger partial charge in [0.15, 0.2) is 0 Å². The van der Waals surface area contributed by atoms with Crippen molar-refractivity contribution in [3.05, 3.63) is 98.5 Å². The molecule has 0 aliphatic carbocycles. The quantitative estimate of drug-likeness (QED) is 0.359. The number of hydrogen-bond donors (Lipinski definition) is 2. The molecule has 180 valence electrons. The van der Waals surface area contributed by atoms with Crippen LogP contribution in [-0.4, -0.2) is 39.8 Å². The maximum absolute atomic E-state index is 13.4. The Morgan fingerprint density at radius 3 is 2.75 bits per heavy atom. The molecule has 11 heteroatoms. The Morgan fingerprint density at radius 1 is 1.08 bits per heavy atom. The van der Waals surface area contributed by atoms with Gasteiger partial charge in [-0.3, -0.25) is 4.79 Å². The number of pyridine rings is 1. The molecule has 1 aliphatic rings. The molecule has 3 aromatic heterocycles. The van der Waals surface area contributed by atoms with E-state index < -0.39 is 0 Å². The second kappa shape index (κ2) is 9.02. The van der Waals surface area contributed by atoms with Crippen LogP contribution in [0.15, 0.2) is 65.8 Å². The molecular weight excluding hydrogens is 501 g/mol. The molecule has 0 saturated heterocycles. The summed E-state index contributed by atoms with van der Waals surface area (Å²) >= 11 is 12.7. The third-order valence-electron chi connectivity index (χ3n) is 6.42. The van der Waals surface area contributed by atoms with Crippen LogP contribution in [0.5, 0.6) is 0 Å². The van der Waals surface area contributed by atoms with Crippen molar-refractivity contribution in [1.82, 2.24) is 34.7 Å². The number of rotatable bonds is 5. The lowest BCUT2D eigenvalue weighted by Crippen LogP contribution is -2.23. The number of halogens is 2. The van der Waals surface area contributed by atoms with Crippen molar-refractivity contribution in [3.63, 3.8) is 0 Å². The van der Waals surface area contributed by atoms with Gasteiger partial charge in [0, 0.05) is 27.9 Å². The fourth-order valence-electron chi connectivity index (χ4n) is 4.74. The highest BCUT2D eigenvalue weighted by Crippen LogP contribution is 2.35. The molecule has 0 radical (unpaired) electrons. The van der Waals surface area contributed by atoms with E-state index in [1.54, 1.807) is 39.7 Å². The number of aromatic amines is 1. The number of benzene rings is 2. The number of H-pyrrole nitrogens is 1. The van der Waals surface area contributed by atoms with Gasteiger partial charge in [0.25, 0.3) is 5.56 Å². The summed E-state index contributed by atoms with van der Waals surface area (Å²) in [5.74, 6) is 0.693. The first kappa shape index (κ1) is 22.7. The van der Waals surface area contributed by atoms with Crippen molar-refractivity contribution in [3.8, 4) is 28.1 Å². The molecule has 1 atom stereocenters. The Morgan fingerprint density at radius 2 is 1.97 bits per heavy atom. The second-order valence-corrected chi connectivity index (χ2v) is 9.41. The van der Waals surface area contributed by atoms with Crippen molar-refractivity contribution in [1.29, 1.82) is 0 Å². The van der Waals surface area contributed by atoms with E-state index in [1.807, 2.05) is 24.3 Å². The first-order valence-corrected chi connectivity index (χ1v) is 12.0. The van der Waals surface area contributed by atoms with Gasteiger partial charge in [-0.05, 0) is 64.7 Å². The van der Waals surface area contributed by atoms with E-state index in [0.717, 1.165) is 52.2 Å². The SMILES string of the molecule is O=c1cc(-c2cc(Cl)ccc2-n2cnnn2)cc2n1[C@H](c1ncc(-c3ccc(CO)cc3Cl)[nH]1)CC2. The van der Waals surface area contributed by atoms with E-state index in [0.29, 0.717) is 15.9 Å². The number of imidazole rings is 1. The molecule has 0 bridgehead atoms. The summed E-state index contributed by atoms with van der Waals surface area (Å²) in [5.41, 5.74) is 5.29. The fraction of sp³-hybridized carbons (Fsp3) is 0.160. The van der Waals surface area contributed by atoms with E-state index in [9.17, 15) is 9.90 Å². The molecule has 2 N–H and O–H groups in total. The van der Waals surface area contributed by atoms with Crippen LogP contribution < -0.4 is 5.56 Å². The number of aliphatic hydroxyl groups is 1. The monoisotopic (exact) mass is 519 g/mol. The van der Waals surface area contributed by atoms with E-state index in [1.165, 1.54) is 6.33 Å². The smallest absolute Gasteiger partial charge is 0.252 e. The van der Waals surface area contributed by atoms with E-state index in [-0.39, 0.29) is 18.2 Å². The van der Waals surface area contributed by atoms with Crippen molar-refractivity contribution in [2.24, 2.45) is 0 Å². The fourth-order valence-corrected chi connectivity index (χ4v) is 5.22. The molecule has 0 saturated carbocycles. The molecular formula is C25H19Cl2N7O2. The summed E-state index contributed by atoms with van der Waals surface area (Å²) in [6.07, 6.45) is 4.67. The highest BCUT2D eigenvalue weighted by Gasteiger charge is 2.28. The standard InChI is InChI=1S/C25H19Cl2N7O2/c26-16-2-5-22(33-13-29-31-32-33)19(10-16)15-8-17-3-6-23(34(17)24(36)9-15)25-28-11-21(30-25)18-4-1-14(12-35)7-20(18)27/h1-2,4-5,7-11,13,23,35H,3,6,12H2,(H,28,30)/t23-/m0/s1. The number of aromatic nitrogens is 7. The maximum atomic E-state index is 13.4. The van der Waals surface area contributed by atoms with Crippen LogP contribution in [0.25, 0.3) is 28.1 Å². The predicted octanol–water partition coefficient (Wildman–Crippen LogP) is 4.22. The molecule has 2 aromatic carbocycles. The Bertz CT molecular complexity index is 1640. The summed E-state index contributed by atoms with van der Waals surface area (Å²) in [5, 5.41) is 21.8. The van der Waals surface area contributed by atoms with Crippen molar-refractivity contribution < 1.29 is 5.11 Å². The Hall–Kier alpha value is -3.79. The van der Waals surface area contributed by atoms with Gasteiger partial charge < -0.3 is 14.7 Å². The highest BCUT2D eigenvalue weighted by molar-refractivity contribution is 6.33. The Labute approximate surface area is 215 Å². The van der Waals surface area contributed by atoms with Crippen molar-refractivity contribution in [2.75, 3.05) is 0 Å². The molecule has 0 amide bonds. The molecule has 1 aliphatic heterocycles. The Kier molecular flexibility index (Phi) is 5.67. The summed E-state index contributed by atoms with van der Waals surface area (Å²) in [6.45, 7) is -0.0790. The van der Waals surface area contributed by atoms with Gasteiger partial charge in [0.05, 0.1) is 35.2 Å². The lowest BCUT2D eigenvalue weighted by Gasteiger charge is -2.15. The van der Waals surface area contributed by atoms with E-state index in [4.69, 9.17) is 23.2 Å². The lowest BCUT2D eigenvalue weighted by molar-refractivity contribution is 0.282. The minimum atomic E-state index is -0.218. The van der Waals surface area contributed by atoms with Gasteiger partial charge in [0.2, 0.25) is 0 Å². The molecule has 5 aromatic rings. The largest absolute Gasteiger partial charge is 0.392 e. The zero-order valence-corrected chi connectivity index (χ0v) is 20.3. The second-order valence-electron chi connectivity index (χ2n) is 8.57. The van der Waals surface area contributed by atoms with Crippen LogP contribution in [0.1, 0.15) is 29.5 Å².